The van der Waals surface area contributed by atoms with Crippen molar-refractivity contribution in [1.82, 2.24) is 4.98 Å². The van der Waals surface area contributed by atoms with Gasteiger partial charge in [-0.05, 0) is 48.2 Å². The van der Waals surface area contributed by atoms with Crippen LogP contribution in [0.1, 0.15) is 11.1 Å². The fraction of sp³-hybridized carbons (Fsp3) is 0.100. The molecule has 1 aromatic heterocycles. The lowest BCUT2D eigenvalue weighted by Gasteiger charge is -2.11. The van der Waals surface area contributed by atoms with E-state index in [-0.39, 0.29) is 39.5 Å². The van der Waals surface area contributed by atoms with E-state index in [2.05, 4.69) is 4.98 Å². The second kappa shape index (κ2) is 8.28. The molecule has 0 saturated carbocycles. The third kappa shape index (κ3) is 5.67. The minimum Gasteiger partial charge on any atom is -0.439 e. The van der Waals surface area contributed by atoms with Crippen LogP contribution in [0.2, 0.25) is 0 Å². The Hall–Kier alpha value is -3.19. The van der Waals surface area contributed by atoms with Crippen LogP contribution >= 0.6 is 11.8 Å². The van der Waals surface area contributed by atoms with E-state index >= 15 is 0 Å². The SMILES string of the molecule is N#Cc1cc(Oc2cccc(SC(F)(F)F)c2)nc(-c2ccc(C(F)(F)F)cc2)c1. The molecule has 0 bridgehead atoms. The van der Waals surface area contributed by atoms with Crippen molar-refractivity contribution in [3.8, 4) is 29.0 Å². The average Bonchev–Trinajstić information content (AvgIpc) is 2.66. The number of rotatable bonds is 4. The Morgan fingerprint density at radius 3 is 2.20 bits per heavy atom. The highest BCUT2D eigenvalue weighted by atomic mass is 32.2. The zero-order valence-corrected chi connectivity index (χ0v) is 15.6. The first-order valence-corrected chi connectivity index (χ1v) is 8.99. The number of pyridine rings is 1. The summed E-state index contributed by atoms with van der Waals surface area (Å²) >= 11 is -0.308. The third-order valence-electron chi connectivity index (χ3n) is 3.70. The lowest BCUT2D eigenvalue weighted by Crippen LogP contribution is -2.04. The number of hydrogen-bond acceptors (Lipinski definition) is 4. The Labute approximate surface area is 170 Å². The van der Waals surface area contributed by atoms with Crippen LogP contribution in [0.3, 0.4) is 0 Å². The molecule has 2 aromatic carbocycles. The molecule has 10 heteroatoms. The smallest absolute Gasteiger partial charge is 0.439 e. The van der Waals surface area contributed by atoms with Crippen LogP contribution in [-0.4, -0.2) is 10.5 Å². The summed E-state index contributed by atoms with van der Waals surface area (Å²) in [5, 5.41) is 9.21. The van der Waals surface area contributed by atoms with Gasteiger partial charge >= 0.3 is 11.7 Å². The van der Waals surface area contributed by atoms with Crippen LogP contribution in [0.15, 0.2) is 65.6 Å². The van der Waals surface area contributed by atoms with Crippen molar-refractivity contribution in [1.29, 1.82) is 5.26 Å². The highest BCUT2D eigenvalue weighted by Gasteiger charge is 2.30. The molecule has 0 aliphatic rings. The second-order valence-electron chi connectivity index (χ2n) is 5.89. The summed E-state index contributed by atoms with van der Waals surface area (Å²) in [6, 6.07) is 13.9. The van der Waals surface area contributed by atoms with Gasteiger partial charge in [0.25, 0.3) is 0 Å². The van der Waals surface area contributed by atoms with E-state index in [9.17, 15) is 31.6 Å². The predicted molar refractivity (Wildman–Crippen MR) is 97.8 cm³/mol. The van der Waals surface area contributed by atoms with Crippen molar-refractivity contribution in [2.45, 2.75) is 16.6 Å². The first-order valence-electron chi connectivity index (χ1n) is 8.17. The monoisotopic (exact) mass is 440 g/mol. The van der Waals surface area contributed by atoms with Crippen molar-refractivity contribution in [2.24, 2.45) is 0 Å². The zero-order chi connectivity index (χ0) is 21.9. The summed E-state index contributed by atoms with van der Waals surface area (Å²) < 4.78 is 81.3. The molecular formula is C20H10F6N2OS. The fourth-order valence-corrected chi connectivity index (χ4v) is 3.04. The molecule has 3 nitrogen and oxygen atoms in total. The first kappa shape index (κ1) is 21.5. The molecule has 30 heavy (non-hydrogen) atoms. The van der Waals surface area contributed by atoms with E-state index in [0.29, 0.717) is 5.56 Å². The van der Waals surface area contributed by atoms with Crippen molar-refractivity contribution in [3.63, 3.8) is 0 Å². The molecule has 3 aromatic rings. The van der Waals surface area contributed by atoms with Gasteiger partial charge in [0.1, 0.15) is 5.75 Å². The molecule has 0 N–H and O–H groups in total. The number of nitrogens with zero attached hydrogens (tertiary/aromatic N) is 2. The lowest BCUT2D eigenvalue weighted by molar-refractivity contribution is -0.137. The minimum absolute atomic E-state index is 0.0604. The molecule has 3 rings (SSSR count). The molecule has 0 saturated heterocycles. The number of thioether (sulfide) groups is 1. The molecule has 154 valence electrons. The molecule has 0 radical (unpaired) electrons. The number of nitriles is 1. The van der Waals surface area contributed by atoms with Crippen molar-refractivity contribution in [2.75, 3.05) is 0 Å². The number of alkyl halides is 6. The van der Waals surface area contributed by atoms with E-state index < -0.39 is 17.2 Å². The van der Waals surface area contributed by atoms with Gasteiger partial charge < -0.3 is 4.74 Å². The molecule has 0 spiro atoms. The van der Waals surface area contributed by atoms with E-state index in [1.165, 1.54) is 42.5 Å². The number of benzene rings is 2. The second-order valence-corrected chi connectivity index (χ2v) is 7.03. The standard InChI is InChI=1S/C20H10F6N2OS/c21-19(22,23)14-6-4-13(5-7-14)17-8-12(11-27)9-18(28-17)29-15-2-1-3-16(10-15)30-20(24,25)26/h1-10H. The summed E-state index contributed by atoms with van der Waals surface area (Å²) in [4.78, 5) is 4.06. The topological polar surface area (TPSA) is 45.9 Å². The Bertz CT molecular complexity index is 1090. The average molecular weight is 440 g/mol. The highest BCUT2D eigenvalue weighted by molar-refractivity contribution is 8.00. The molecule has 0 aliphatic heterocycles. The van der Waals surface area contributed by atoms with Gasteiger partial charge in [-0.15, -0.1) is 0 Å². The third-order valence-corrected chi connectivity index (χ3v) is 4.42. The maximum absolute atomic E-state index is 12.7. The largest absolute Gasteiger partial charge is 0.446 e. The summed E-state index contributed by atoms with van der Waals surface area (Å²) in [7, 11) is 0. The molecule has 0 amide bonds. The molecule has 0 aliphatic carbocycles. The van der Waals surface area contributed by atoms with Crippen molar-refractivity contribution < 1.29 is 31.1 Å². The van der Waals surface area contributed by atoms with Crippen molar-refractivity contribution in [3.05, 3.63) is 71.8 Å². The minimum atomic E-state index is -4.49. The Kier molecular flexibility index (Phi) is 5.94. The van der Waals surface area contributed by atoms with Gasteiger partial charge in [0, 0.05) is 16.5 Å². The quantitative estimate of drug-likeness (QED) is 0.322. The van der Waals surface area contributed by atoms with Gasteiger partial charge in [-0.2, -0.15) is 31.6 Å². The van der Waals surface area contributed by atoms with Gasteiger partial charge in [0.05, 0.1) is 22.9 Å². The molecule has 0 unspecified atom stereocenters. The number of hydrogen-bond donors (Lipinski definition) is 0. The van der Waals surface area contributed by atoms with Crippen LogP contribution in [0.4, 0.5) is 26.3 Å². The van der Waals surface area contributed by atoms with E-state index in [0.717, 1.165) is 18.2 Å². The molecule has 0 atom stereocenters. The zero-order valence-electron chi connectivity index (χ0n) is 14.8. The molecular weight excluding hydrogens is 430 g/mol. The number of ether oxygens (including phenoxy) is 1. The van der Waals surface area contributed by atoms with Crippen LogP contribution in [0, 0.1) is 11.3 Å². The maximum Gasteiger partial charge on any atom is 0.446 e. The van der Waals surface area contributed by atoms with Gasteiger partial charge in [0.15, 0.2) is 0 Å². The van der Waals surface area contributed by atoms with Crippen LogP contribution in [0.25, 0.3) is 11.3 Å². The predicted octanol–water partition coefficient (Wildman–Crippen LogP) is 7.04. The van der Waals surface area contributed by atoms with Gasteiger partial charge in [0.2, 0.25) is 5.88 Å². The number of halogens is 6. The highest BCUT2D eigenvalue weighted by Crippen LogP contribution is 2.38. The summed E-state index contributed by atoms with van der Waals surface area (Å²) in [6.07, 6.45) is -4.49. The first-order chi connectivity index (χ1) is 14.0. The van der Waals surface area contributed by atoms with E-state index in [1.54, 1.807) is 0 Å². The number of aromatic nitrogens is 1. The molecule has 1 heterocycles. The molecule has 0 fully saturated rings. The van der Waals surface area contributed by atoms with Gasteiger partial charge in [-0.1, -0.05) is 18.2 Å². The summed E-state index contributed by atoms with van der Waals surface area (Å²) in [5.41, 5.74) is -4.69. The van der Waals surface area contributed by atoms with Crippen LogP contribution in [0.5, 0.6) is 11.6 Å². The normalized spacial score (nSPS) is 11.8. The lowest BCUT2D eigenvalue weighted by atomic mass is 10.1. The summed E-state index contributed by atoms with van der Waals surface area (Å²) in [6.45, 7) is 0. The van der Waals surface area contributed by atoms with E-state index in [1.807, 2.05) is 6.07 Å². The summed E-state index contributed by atoms with van der Waals surface area (Å²) in [5.74, 6) is -0.0247. The Morgan fingerprint density at radius 1 is 0.900 bits per heavy atom. The van der Waals surface area contributed by atoms with Crippen LogP contribution in [-0.2, 0) is 6.18 Å². The fourth-order valence-electron chi connectivity index (χ4n) is 2.46. The van der Waals surface area contributed by atoms with Crippen molar-refractivity contribution >= 4 is 11.8 Å². The van der Waals surface area contributed by atoms with E-state index in [4.69, 9.17) is 4.74 Å². The maximum atomic E-state index is 12.7. The Morgan fingerprint density at radius 2 is 1.60 bits per heavy atom. The van der Waals surface area contributed by atoms with Crippen LogP contribution < -0.4 is 4.74 Å². The van der Waals surface area contributed by atoms with Gasteiger partial charge in [-0.25, -0.2) is 4.98 Å². The Balaban J connectivity index is 1.91. The van der Waals surface area contributed by atoms with Gasteiger partial charge in [-0.3, -0.25) is 0 Å².